The fourth-order valence-electron chi connectivity index (χ4n) is 2.81. The van der Waals surface area contributed by atoms with Crippen molar-refractivity contribution in [3.8, 4) is 16.8 Å². The first-order valence-electron chi connectivity index (χ1n) is 8.30. The molecule has 0 atom stereocenters. The Morgan fingerprint density at radius 2 is 1.73 bits per heavy atom. The third-order valence-corrected chi connectivity index (χ3v) is 4.78. The van der Waals surface area contributed by atoms with Crippen LogP contribution in [0.2, 0.25) is 0 Å². The molecule has 0 amide bonds. The largest absolute Gasteiger partial charge is 0.286 e. The fourth-order valence-corrected chi connectivity index (χ4v) is 3.53. The Hall–Kier alpha value is -2.99. The number of benzene rings is 2. The lowest BCUT2D eigenvalue weighted by atomic mass is 10.1. The molecule has 0 spiro atoms. The molecular weight excluding hydrogens is 344 g/mol. The molecule has 4 rings (SSSR count). The van der Waals surface area contributed by atoms with E-state index in [4.69, 9.17) is 0 Å². The van der Waals surface area contributed by atoms with E-state index in [9.17, 15) is 4.79 Å². The second-order valence-corrected chi connectivity index (χ2v) is 6.84. The summed E-state index contributed by atoms with van der Waals surface area (Å²) >= 11 is 1.51. The maximum absolute atomic E-state index is 13.1. The highest BCUT2D eigenvalue weighted by molar-refractivity contribution is 7.99. The summed E-state index contributed by atoms with van der Waals surface area (Å²) in [4.78, 5) is 26.0. The van der Waals surface area contributed by atoms with Crippen molar-refractivity contribution in [2.45, 2.75) is 12.1 Å². The molecule has 5 nitrogen and oxygen atoms in total. The van der Waals surface area contributed by atoms with Gasteiger partial charge in [0.05, 0.1) is 5.69 Å². The van der Waals surface area contributed by atoms with E-state index in [-0.39, 0.29) is 11.1 Å². The van der Waals surface area contributed by atoms with Gasteiger partial charge < -0.3 is 0 Å². The SMILES string of the molecule is CCSc1nc2nccnc2c(=O)n1-c1cccc(-c2ccccc2)c1. The summed E-state index contributed by atoms with van der Waals surface area (Å²) in [6, 6.07) is 18.0. The Morgan fingerprint density at radius 3 is 2.54 bits per heavy atom. The summed E-state index contributed by atoms with van der Waals surface area (Å²) in [6.07, 6.45) is 3.07. The quantitative estimate of drug-likeness (QED) is 0.407. The number of aromatic nitrogens is 4. The van der Waals surface area contributed by atoms with E-state index in [1.807, 2.05) is 61.5 Å². The molecule has 2 aromatic heterocycles. The monoisotopic (exact) mass is 360 g/mol. The normalized spacial score (nSPS) is 11.0. The lowest BCUT2D eigenvalue weighted by Crippen LogP contribution is -2.23. The van der Waals surface area contributed by atoms with Crippen molar-refractivity contribution in [2.24, 2.45) is 0 Å². The number of hydrogen-bond donors (Lipinski definition) is 0. The number of thioether (sulfide) groups is 1. The van der Waals surface area contributed by atoms with E-state index in [2.05, 4.69) is 15.0 Å². The van der Waals surface area contributed by atoms with Crippen molar-refractivity contribution in [1.82, 2.24) is 19.5 Å². The first-order valence-corrected chi connectivity index (χ1v) is 9.29. The van der Waals surface area contributed by atoms with Gasteiger partial charge in [-0.25, -0.2) is 15.0 Å². The van der Waals surface area contributed by atoms with Crippen LogP contribution in [-0.4, -0.2) is 25.3 Å². The Morgan fingerprint density at radius 1 is 0.962 bits per heavy atom. The molecule has 0 bridgehead atoms. The van der Waals surface area contributed by atoms with Crippen molar-refractivity contribution in [1.29, 1.82) is 0 Å². The zero-order valence-corrected chi connectivity index (χ0v) is 15.0. The number of fused-ring (bicyclic) bond motifs is 1. The number of rotatable bonds is 4. The molecule has 0 saturated heterocycles. The van der Waals surface area contributed by atoms with Crippen molar-refractivity contribution in [3.05, 3.63) is 77.3 Å². The van der Waals surface area contributed by atoms with Gasteiger partial charge in [0.25, 0.3) is 5.56 Å². The Balaban J connectivity index is 1.95. The molecule has 26 heavy (non-hydrogen) atoms. The summed E-state index contributed by atoms with van der Waals surface area (Å²) in [7, 11) is 0. The van der Waals surface area contributed by atoms with Crippen LogP contribution in [0.1, 0.15) is 6.92 Å². The highest BCUT2D eigenvalue weighted by Gasteiger charge is 2.14. The van der Waals surface area contributed by atoms with Crippen molar-refractivity contribution in [3.63, 3.8) is 0 Å². The molecule has 0 saturated carbocycles. The topological polar surface area (TPSA) is 60.7 Å². The zero-order chi connectivity index (χ0) is 17.9. The van der Waals surface area contributed by atoms with E-state index in [1.165, 1.54) is 18.0 Å². The molecule has 0 fully saturated rings. The Kier molecular flexibility index (Phi) is 4.50. The predicted octanol–water partition coefficient (Wildman–Crippen LogP) is 3.95. The van der Waals surface area contributed by atoms with Gasteiger partial charge in [-0.1, -0.05) is 61.2 Å². The Labute approximate surface area is 154 Å². The molecule has 0 aliphatic rings. The summed E-state index contributed by atoms with van der Waals surface area (Å²) in [5.41, 5.74) is 3.36. The molecule has 2 aromatic carbocycles. The molecule has 128 valence electrons. The van der Waals surface area contributed by atoms with Gasteiger partial charge in [0, 0.05) is 12.4 Å². The van der Waals surface area contributed by atoms with E-state index in [0.29, 0.717) is 10.8 Å². The summed E-state index contributed by atoms with van der Waals surface area (Å²) in [5.74, 6) is 0.802. The van der Waals surface area contributed by atoms with Gasteiger partial charge in [-0.2, -0.15) is 0 Å². The van der Waals surface area contributed by atoms with Crippen LogP contribution in [0, 0.1) is 0 Å². The first kappa shape index (κ1) is 16.5. The third kappa shape index (κ3) is 2.99. The average Bonchev–Trinajstić information content (AvgIpc) is 2.69. The highest BCUT2D eigenvalue weighted by atomic mass is 32.2. The van der Waals surface area contributed by atoms with Gasteiger partial charge >= 0.3 is 0 Å². The Bertz CT molecular complexity index is 1130. The predicted molar refractivity (Wildman–Crippen MR) is 105 cm³/mol. The van der Waals surface area contributed by atoms with Crippen LogP contribution in [0.3, 0.4) is 0 Å². The lowest BCUT2D eigenvalue weighted by Gasteiger charge is -2.13. The van der Waals surface area contributed by atoms with Gasteiger partial charge in [-0.3, -0.25) is 9.36 Å². The van der Waals surface area contributed by atoms with Crippen molar-refractivity contribution in [2.75, 3.05) is 5.75 Å². The smallest absolute Gasteiger partial charge is 0.266 e. The van der Waals surface area contributed by atoms with Gasteiger partial charge in [0.2, 0.25) is 0 Å². The highest BCUT2D eigenvalue weighted by Crippen LogP contribution is 2.24. The third-order valence-electron chi connectivity index (χ3n) is 3.96. The molecule has 6 heteroatoms. The van der Waals surface area contributed by atoms with E-state index >= 15 is 0 Å². The van der Waals surface area contributed by atoms with Gasteiger partial charge in [0.15, 0.2) is 16.3 Å². The van der Waals surface area contributed by atoms with Gasteiger partial charge in [-0.05, 0) is 29.0 Å². The van der Waals surface area contributed by atoms with Gasteiger partial charge in [0.1, 0.15) is 0 Å². The number of nitrogens with zero attached hydrogens (tertiary/aromatic N) is 4. The fraction of sp³-hybridized carbons (Fsp3) is 0.100. The van der Waals surface area contributed by atoms with E-state index in [1.54, 1.807) is 10.8 Å². The number of hydrogen-bond acceptors (Lipinski definition) is 5. The molecule has 0 radical (unpaired) electrons. The zero-order valence-electron chi connectivity index (χ0n) is 14.2. The summed E-state index contributed by atoms with van der Waals surface area (Å²) in [5, 5.41) is 0.621. The second-order valence-electron chi connectivity index (χ2n) is 5.61. The molecule has 4 aromatic rings. The summed E-state index contributed by atoms with van der Waals surface area (Å²) in [6.45, 7) is 2.03. The first-order chi connectivity index (χ1) is 12.8. The van der Waals surface area contributed by atoms with Crippen LogP contribution >= 0.6 is 11.8 Å². The lowest BCUT2D eigenvalue weighted by molar-refractivity contribution is 0.810. The van der Waals surface area contributed by atoms with Crippen LogP contribution in [0.25, 0.3) is 28.0 Å². The molecule has 0 unspecified atom stereocenters. The molecule has 2 heterocycles. The van der Waals surface area contributed by atoms with Crippen molar-refractivity contribution < 1.29 is 0 Å². The molecule has 0 N–H and O–H groups in total. The van der Waals surface area contributed by atoms with Crippen LogP contribution in [-0.2, 0) is 0 Å². The van der Waals surface area contributed by atoms with E-state index < -0.39 is 0 Å². The minimum Gasteiger partial charge on any atom is -0.266 e. The minimum atomic E-state index is -0.204. The second kappa shape index (κ2) is 7.09. The maximum atomic E-state index is 13.1. The molecule has 0 aliphatic carbocycles. The minimum absolute atomic E-state index is 0.204. The van der Waals surface area contributed by atoms with Crippen LogP contribution in [0.4, 0.5) is 0 Å². The summed E-state index contributed by atoms with van der Waals surface area (Å²) < 4.78 is 1.62. The standard InChI is InChI=1S/C20H16N4OS/c1-2-26-20-23-18-17(21-11-12-22-18)19(25)24(20)16-10-6-9-15(13-16)14-7-4-3-5-8-14/h3-13H,2H2,1H3. The van der Waals surface area contributed by atoms with Crippen molar-refractivity contribution >= 4 is 22.9 Å². The molecule has 0 aliphatic heterocycles. The van der Waals surface area contributed by atoms with E-state index in [0.717, 1.165) is 22.6 Å². The van der Waals surface area contributed by atoms with Gasteiger partial charge in [-0.15, -0.1) is 0 Å². The average molecular weight is 360 g/mol. The van der Waals surface area contributed by atoms with Crippen LogP contribution in [0.5, 0.6) is 0 Å². The van der Waals surface area contributed by atoms with Crippen LogP contribution < -0.4 is 5.56 Å². The van der Waals surface area contributed by atoms with Crippen LogP contribution in [0.15, 0.2) is 76.9 Å². The maximum Gasteiger partial charge on any atom is 0.286 e. The molecular formula is C20H16N4OS.